The minimum Gasteiger partial charge on any atom is -0.353 e. The molecule has 0 fully saturated rings. The predicted molar refractivity (Wildman–Crippen MR) is 110 cm³/mol. The summed E-state index contributed by atoms with van der Waals surface area (Å²) in [6, 6.07) is 8.51. The second-order valence-corrected chi connectivity index (χ2v) is 8.21. The number of amides is 1. The molecule has 2 aromatic heterocycles. The molecule has 0 saturated carbocycles. The fourth-order valence-corrected chi connectivity index (χ4v) is 3.83. The fraction of sp³-hybridized carbons (Fsp3) is 0.429. The number of fused-ring (bicyclic) bond motifs is 2. The average Bonchev–Trinajstić information content (AvgIpc) is 3.10. The lowest BCUT2D eigenvalue weighted by Crippen LogP contribution is -2.53. The van der Waals surface area contributed by atoms with Crippen LogP contribution in [0, 0.1) is 0 Å². The highest BCUT2D eigenvalue weighted by Crippen LogP contribution is 2.24. The van der Waals surface area contributed by atoms with Gasteiger partial charge in [-0.3, -0.25) is 23.7 Å². The summed E-state index contributed by atoms with van der Waals surface area (Å²) in [5, 5.41) is 7.44. The quantitative estimate of drug-likeness (QED) is 0.700. The van der Waals surface area contributed by atoms with Gasteiger partial charge in [0.1, 0.15) is 18.3 Å². The molecule has 0 unspecified atom stereocenters. The molecule has 4 rings (SSSR count). The zero-order valence-corrected chi connectivity index (χ0v) is 17.1. The first-order valence-corrected chi connectivity index (χ1v) is 9.81. The van der Waals surface area contributed by atoms with Gasteiger partial charge in [-0.2, -0.15) is 5.10 Å². The first-order chi connectivity index (χ1) is 13.8. The second kappa shape index (κ2) is 7.44. The van der Waals surface area contributed by atoms with E-state index in [9.17, 15) is 9.59 Å². The van der Waals surface area contributed by atoms with Crippen LogP contribution in [-0.2, 0) is 31.4 Å². The number of carbonyl (C=O) groups is 1. The maximum absolute atomic E-state index is 12.5. The number of aryl methyl sites for hydroxylation is 1. The molecule has 1 aliphatic rings. The summed E-state index contributed by atoms with van der Waals surface area (Å²) in [4.78, 5) is 31.6. The molecule has 8 heteroatoms. The largest absolute Gasteiger partial charge is 0.353 e. The van der Waals surface area contributed by atoms with Crippen molar-refractivity contribution in [2.45, 2.75) is 38.9 Å². The third-order valence-electron chi connectivity index (χ3n) is 5.74. The molecule has 1 aliphatic heterocycles. The van der Waals surface area contributed by atoms with Crippen LogP contribution in [0.5, 0.6) is 0 Å². The van der Waals surface area contributed by atoms with Crippen molar-refractivity contribution in [3.05, 3.63) is 58.3 Å². The molecule has 3 heterocycles. The zero-order chi connectivity index (χ0) is 20.6. The minimum absolute atomic E-state index is 0.0599. The van der Waals surface area contributed by atoms with E-state index in [1.807, 2.05) is 0 Å². The number of hydrogen-bond acceptors (Lipinski definition) is 5. The van der Waals surface area contributed by atoms with Crippen LogP contribution in [0.1, 0.15) is 25.0 Å². The van der Waals surface area contributed by atoms with E-state index in [0.29, 0.717) is 17.6 Å². The van der Waals surface area contributed by atoms with Crippen LogP contribution in [-0.4, -0.2) is 48.8 Å². The van der Waals surface area contributed by atoms with Crippen molar-refractivity contribution in [2.75, 3.05) is 13.1 Å². The summed E-state index contributed by atoms with van der Waals surface area (Å²) in [6.45, 7) is 6.55. The van der Waals surface area contributed by atoms with E-state index in [2.05, 4.69) is 58.4 Å². The monoisotopic (exact) mass is 394 g/mol. The van der Waals surface area contributed by atoms with Gasteiger partial charge in [-0.05, 0) is 31.4 Å². The van der Waals surface area contributed by atoms with Gasteiger partial charge in [-0.1, -0.05) is 24.3 Å². The molecule has 3 aromatic rings. The third-order valence-corrected chi connectivity index (χ3v) is 5.74. The van der Waals surface area contributed by atoms with Gasteiger partial charge in [0.2, 0.25) is 5.91 Å². The lowest BCUT2D eigenvalue weighted by atomic mass is 9.94. The zero-order valence-electron chi connectivity index (χ0n) is 17.1. The van der Waals surface area contributed by atoms with Gasteiger partial charge in [0.05, 0.1) is 6.20 Å². The molecule has 0 saturated heterocycles. The van der Waals surface area contributed by atoms with Crippen molar-refractivity contribution in [2.24, 2.45) is 7.05 Å². The van der Waals surface area contributed by atoms with Crippen molar-refractivity contribution in [3.8, 4) is 0 Å². The second-order valence-electron chi connectivity index (χ2n) is 8.21. The van der Waals surface area contributed by atoms with Crippen LogP contribution in [0.2, 0.25) is 0 Å². The van der Waals surface area contributed by atoms with Crippen molar-refractivity contribution in [1.29, 1.82) is 0 Å². The van der Waals surface area contributed by atoms with E-state index >= 15 is 0 Å². The lowest BCUT2D eigenvalue weighted by molar-refractivity contribution is -0.122. The van der Waals surface area contributed by atoms with E-state index in [0.717, 1.165) is 19.5 Å². The molecule has 152 valence electrons. The maximum Gasteiger partial charge on any atom is 0.264 e. The highest BCUT2D eigenvalue weighted by Gasteiger charge is 2.30. The predicted octanol–water partition coefficient (Wildman–Crippen LogP) is 1.08. The Morgan fingerprint density at radius 2 is 2.00 bits per heavy atom. The Balaban J connectivity index is 1.39. The Hall–Kier alpha value is -3.00. The summed E-state index contributed by atoms with van der Waals surface area (Å²) in [6.07, 6.45) is 3.90. The third kappa shape index (κ3) is 3.80. The SMILES string of the molecule is Cn1ncc2c(=O)n(CC(=O)NCC(C)(C)N3CCc4ccccc4C3)cnc21. The van der Waals surface area contributed by atoms with Crippen LogP contribution < -0.4 is 10.9 Å². The van der Waals surface area contributed by atoms with Gasteiger partial charge in [0.15, 0.2) is 5.65 Å². The van der Waals surface area contributed by atoms with Gasteiger partial charge in [0, 0.05) is 32.2 Å². The molecular formula is C21H26N6O2. The van der Waals surface area contributed by atoms with E-state index in [4.69, 9.17) is 0 Å². The van der Waals surface area contributed by atoms with Crippen molar-refractivity contribution in [1.82, 2.24) is 29.5 Å². The lowest BCUT2D eigenvalue weighted by Gasteiger charge is -2.41. The van der Waals surface area contributed by atoms with Crippen LogP contribution in [0.4, 0.5) is 0 Å². The van der Waals surface area contributed by atoms with E-state index in [1.165, 1.54) is 28.2 Å². The molecule has 29 heavy (non-hydrogen) atoms. The standard InChI is InChI=1S/C21H26N6O2/c1-21(2,27-9-8-15-6-4-5-7-16(15)11-27)13-22-18(28)12-26-14-23-19-17(20(26)29)10-24-25(19)3/h4-7,10,14H,8-9,11-13H2,1-3H3,(H,22,28). The van der Waals surface area contributed by atoms with Crippen LogP contribution in [0.25, 0.3) is 11.0 Å². The van der Waals surface area contributed by atoms with E-state index in [1.54, 1.807) is 11.7 Å². The Labute approximate surface area is 169 Å². The highest BCUT2D eigenvalue weighted by molar-refractivity contribution is 5.77. The van der Waals surface area contributed by atoms with Crippen molar-refractivity contribution in [3.63, 3.8) is 0 Å². The Morgan fingerprint density at radius 3 is 2.79 bits per heavy atom. The van der Waals surface area contributed by atoms with Gasteiger partial charge in [-0.15, -0.1) is 0 Å². The van der Waals surface area contributed by atoms with Gasteiger partial charge in [0.25, 0.3) is 5.56 Å². The van der Waals surface area contributed by atoms with Crippen molar-refractivity contribution >= 4 is 16.9 Å². The highest BCUT2D eigenvalue weighted by atomic mass is 16.2. The molecule has 0 radical (unpaired) electrons. The van der Waals surface area contributed by atoms with Crippen LogP contribution in [0.3, 0.4) is 0 Å². The van der Waals surface area contributed by atoms with Gasteiger partial charge < -0.3 is 5.32 Å². The van der Waals surface area contributed by atoms with Crippen LogP contribution >= 0.6 is 0 Å². The molecule has 1 aromatic carbocycles. The molecule has 1 amide bonds. The molecule has 0 aliphatic carbocycles. The number of rotatable bonds is 5. The van der Waals surface area contributed by atoms with E-state index in [-0.39, 0.29) is 23.6 Å². The Bertz CT molecular complexity index is 1110. The summed E-state index contributed by atoms with van der Waals surface area (Å²) >= 11 is 0. The maximum atomic E-state index is 12.5. The van der Waals surface area contributed by atoms with Gasteiger partial charge in [-0.25, -0.2) is 4.98 Å². The molecule has 0 atom stereocenters. The number of hydrogen-bond donors (Lipinski definition) is 1. The van der Waals surface area contributed by atoms with Crippen molar-refractivity contribution < 1.29 is 4.79 Å². The summed E-state index contributed by atoms with van der Waals surface area (Å²) in [5.41, 5.74) is 2.81. The fourth-order valence-electron chi connectivity index (χ4n) is 3.83. The molecule has 8 nitrogen and oxygen atoms in total. The number of benzene rings is 1. The number of nitrogens with one attached hydrogen (secondary N) is 1. The number of nitrogens with zero attached hydrogens (tertiary/aromatic N) is 5. The normalized spacial score (nSPS) is 14.7. The first kappa shape index (κ1) is 19.3. The minimum atomic E-state index is -0.259. The molecule has 0 spiro atoms. The number of carbonyl (C=O) groups excluding carboxylic acids is 1. The summed E-state index contributed by atoms with van der Waals surface area (Å²) in [5.74, 6) is -0.206. The topological polar surface area (TPSA) is 85.0 Å². The first-order valence-electron chi connectivity index (χ1n) is 9.81. The summed E-state index contributed by atoms with van der Waals surface area (Å²) in [7, 11) is 1.73. The van der Waals surface area contributed by atoms with Crippen LogP contribution in [0.15, 0.2) is 41.6 Å². The Morgan fingerprint density at radius 1 is 1.24 bits per heavy atom. The Kier molecular flexibility index (Phi) is 4.96. The molecular weight excluding hydrogens is 368 g/mol. The molecule has 0 bridgehead atoms. The average molecular weight is 394 g/mol. The number of aromatic nitrogens is 4. The smallest absolute Gasteiger partial charge is 0.264 e. The molecule has 1 N–H and O–H groups in total. The van der Waals surface area contributed by atoms with E-state index < -0.39 is 0 Å². The summed E-state index contributed by atoms with van der Waals surface area (Å²) < 4.78 is 2.86. The van der Waals surface area contributed by atoms with Gasteiger partial charge >= 0.3 is 0 Å².